The molecule has 3 aromatic carbocycles. The van der Waals surface area contributed by atoms with Crippen LogP contribution in [0.15, 0.2) is 91.3 Å². The minimum absolute atomic E-state index is 0.157. The van der Waals surface area contributed by atoms with Gasteiger partial charge in [-0.3, -0.25) is 14.7 Å². The van der Waals surface area contributed by atoms with Crippen LogP contribution in [-0.4, -0.2) is 64.4 Å². The van der Waals surface area contributed by atoms with Crippen molar-refractivity contribution in [2.24, 2.45) is 0 Å². The fraction of sp³-hybridized carbons (Fsp3) is 0.188. The van der Waals surface area contributed by atoms with Crippen molar-refractivity contribution >= 4 is 28.2 Å². The number of ether oxygens (including phenoxy) is 1. The van der Waals surface area contributed by atoms with Crippen molar-refractivity contribution < 1.29 is 14.6 Å². The van der Waals surface area contributed by atoms with Gasteiger partial charge >= 0.3 is 0 Å². The molecule has 9 nitrogen and oxygen atoms in total. The first-order valence-electron chi connectivity index (χ1n) is 13.5. The third kappa shape index (κ3) is 5.80. The molecule has 5 aromatic rings. The van der Waals surface area contributed by atoms with Crippen LogP contribution < -0.4 is 15.0 Å². The average Bonchev–Trinajstić information content (AvgIpc) is 3.02. The van der Waals surface area contributed by atoms with Crippen molar-refractivity contribution in [1.29, 1.82) is 0 Å². The number of piperazine rings is 1. The molecule has 1 fully saturated rings. The number of aromatic hydroxyl groups is 1. The Morgan fingerprint density at radius 2 is 1.68 bits per heavy atom. The van der Waals surface area contributed by atoms with Crippen molar-refractivity contribution in [2.75, 3.05) is 43.5 Å². The molecule has 0 bridgehead atoms. The number of aromatic nitrogens is 3. The zero-order chi connectivity index (χ0) is 28.2. The number of nitrogens with zero attached hydrogens (tertiary/aromatic N) is 5. The summed E-state index contributed by atoms with van der Waals surface area (Å²) in [6.45, 7) is 4.24. The number of fused-ring (bicyclic) bond motifs is 1. The lowest BCUT2D eigenvalue weighted by Gasteiger charge is -2.35. The molecule has 206 valence electrons. The van der Waals surface area contributed by atoms with Crippen LogP contribution in [0.3, 0.4) is 0 Å². The lowest BCUT2D eigenvalue weighted by atomic mass is 9.95. The van der Waals surface area contributed by atoms with Gasteiger partial charge in [0.05, 0.1) is 13.3 Å². The molecule has 1 aliphatic heterocycles. The maximum absolute atomic E-state index is 12.6. The van der Waals surface area contributed by atoms with Gasteiger partial charge in [0, 0.05) is 50.2 Å². The number of hydrogen-bond acceptors (Lipinski definition) is 8. The summed E-state index contributed by atoms with van der Waals surface area (Å²) in [5, 5.41) is 23.6. The third-order valence-corrected chi connectivity index (χ3v) is 7.37. The van der Waals surface area contributed by atoms with Gasteiger partial charge in [-0.15, -0.1) is 10.2 Å². The Kier molecular flexibility index (Phi) is 7.42. The lowest BCUT2D eigenvalue weighted by Crippen LogP contribution is -2.46. The maximum atomic E-state index is 12.6. The molecule has 1 aliphatic rings. The number of anilines is 2. The van der Waals surface area contributed by atoms with Crippen LogP contribution in [0.5, 0.6) is 11.5 Å². The van der Waals surface area contributed by atoms with Crippen LogP contribution in [0, 0.1) is 0 Å². The fourth-order valence-electron chi connectivity index (χ4n) is 5.19. The maximum Gasteiger partial charge on any atom is 0.276 e. The van der Waals surface area contributed by atoms with E-state index in [1.54, 1.807) is 49.7 Å². The van der Waals surface area contributed by atoms with Gasteiger partial charge in [0.2, 0.25) is 0 Å². The highest BCUT2D eigenvalue weighted by Gasteiger charge is 2.20. The van der Waals surface area contributed by atoms with E-state index in [2.05, 4.69) is 60.6 Å². The minimum atomic E-state index is -0.308. The van der Waals surface area contributed by atoms with Crippen molar-refractivity contribution in [3.8, 4) is 22.6 Å². The predicted octanol–water partition coefficient (Wildman–Crippen LogP) is 4.98. The second kappa shape index (κ2) is 11.6. The molecule has 0 unspecified atom stereocenters. The smallest absolute Gasteiger partial charge is 0.276 e. The highest BCUT2D eigenvalue weighted by atomic mass is 16.5. The second-order valence-corrected chi connectivity index (χ2v) is 9.97. The number of pyridine rings is 1. The van der Waals surface area contributed by atoms with Gasteiger partial charge in [-0.05, 0) is 64.4 Å². The Morgan fingerprint density at radius 3 is 2.39 bits per heavy atom. The van der Waals surface area contributed by atoms with E-state index in [1.165, 1.54) is 17.1 Å². The first-order valence-corrected chi connectivity index (χ1v) is 13.5. The molecule has 0 spiro atoms. The Bertz CT molecular complexity index is 1670. The Balaban J connectivity index is 1.08. The largest absolute Gasteiger partial charge is 0.506 e. The average molecular weight is 547 g/mol. The molecule has 0 aliphatic carbocycles. The van der Waals surface area contributed by atoms with E-state index < -0.39 is 0 Å². The van der Waals surface area contributed by atoms with Gasteiger partial charge in [0.1, 0.15) is 11.5 Å². The number of hydrogen-bond donors (Lipinski definition) is 2. The molecule has 3 heterocycles. The second-order valence-electron chi connectivity index (χ2n) is 9.97. The molecule has 0 atom stereocenters. The van der Waals surface area contributed by atoms with Crippen molar-refractivity contribution in [3.63, 3.8) is 0 Å². The zero-order valence-electron chi connectivity index (χ0n) is 22.7. The van der Waals surface area contributed by atoms with Crippen LogP contribution in [-0.2, 0) is 6.54 Å². The highest BCUT2D eigenvalue weighted by Crippen LogP contribution is 2.32. The van der Waals surface area contributed by atoms with Gasteiger partial charge in [0.25, 0.3) is 5.91 Å². The number of carbonyl (C=O) groups excluding carboxylic acids is 1. The quantitative estimate of drug-likeness (QED) is 0.295. The normalized spacial score (nSPS) is 13.7. The highest BCUT2D eigenvalue weighted by molar-refractivity contribution is 6.02. The standard InChI is InChI=1S/C32H30N6O3/c1-41-26-9-7-24(8-10-26)34-32(40)30-12-13-31(36-35-30)38-16-14-37(15-17-38)21-22-6-11-28(23-18-25(39)20-33-19-23)29-5-3-2-4-27(22)29/h2-13,18-20,39H,14-17,21H2,1H3,(H,34,40). The number of rotatable bonds is 7. The molecule has 2 N–H and O–H groups in total. The van der Waals surface area contributed by atoms with Gasteiger partial charge < -0.3 is 20.1 Å². The topological polar surface area (TPSA) is 104 Å². The minimum Gasteiger partial charge on any atom is -0.506 e. The number of amides is 1. The van der Waals surface area contributed by atoms with Crippen LogP contribution in [0.1, 0.15) is 16.1 Å². The summed E-state index contributed by atoms with van der Waals surface area (Å²) in [6.07, 6.45) is 3.23. The monoisotopic (exact) mass is 546 g/mol. The molecule has 9 heteroatoms. The number of nitrogens with one attached hydrogen (secondary N) is 1. The summed E-state index contributed by atoms with van der Waals surface area (Å²) in [6, 6.07) is 25.1. The predicted molar refractivity (Wildman–Crippen MR) is 159 cm³/mol. The fourth-order valence-corrected chi connectivity index (χ4v) is 5.19. The van der Waals surface area contributed by atoms with Crippen molar-refractivity contribution in [1.82, 2.24) is 20.1 Å². The molecule has 6 rings (SSSR count). The van der Waals surface area contributed by atoms with Crippen LogP contribution in [0.4, 0.5) is 11.5 Å². The first kappa shape index (κ1) is 26.2. The van der Waals surface area contributed by atoms with E-state index in [0.717, 1.165) is 60.8 Å². The summed E-state index contributed by atoms with van der Waals surface area (Å²) < 4.78 is 5.15. The van der Waals surface area contributed by atoms with Crippen LogP contribution in [0.25, 0.3) is 21.9 Å². The van der Waals surface area contributed by atoms with Gasteiger partial charge in [-0.2, -0.15) is 0 Å². The summed E-state index contributed by atoms with van der Waals surface area (Å²) in [7, 11) is 1.60. The molecule has 1 amide bonds. The van der Waals surface area contributed by atoms with Crippen molar-refractivity contribution in [3.05, 3.63) is 103 Å². The Morgan fingerprint density at radius 1 is 0.902 bits per heavy atom. The van der Waals surface area contributed by atoms with Crippen molar-refractivity contribution in [2.45, 2.75) is 6.54 Å². The molecule has 41 heavy (non-hydrogen) atoms. The van der Waals surface area contributed by atoms with E-state index in [-0.39, 0.29) is 17.4 Å². The number of carbonyl (C=O) groups is 1. The molecule has 1 saturated heterocycles. The van der Waals surface area contributed by atoms with Gasteiger partial charge in [-0.25, -0.2) is 0 Å². The SMILES string of the molecule is COc1ccc(NC(=O)c2ccc(N3CCN(Cc4ccc(-c5cncc(O)c5)c5ccccc45)CC3)nn2)cc1. The van der Waals surface area contributed by atoms with E-state index in [9.17, 15) is 9.90 Å². The molecule has 0 saturated carbocycles. The van der Waals surface area contributed by atoms with Crippen LogP contribution >= 0.6 is 0 Å². The number of benzene rings is 3. The number of methoxy groups -OCH3 is 1. The Hall–Kier alpha value is -5.02. The molecule has 2 aromatic heterocycles. The molecular weight excluding hydrogens is 516 g/mol. The summed E-state index contributed by atoms with van der Waals surface area (Å²) in [5.74, 6) is 1.34. The summed E-state index contributed by atoms with van der Waals surface area (Å²) in [5.41, 5.74) is 4.14. The third-order valence-electron chi connectivity index (χ3n) is 7.37. The van der Waals surface area contributed by atoms with E-state index in [1.807, 2.05) is 12.1 Å². The molecular formula is C32H30N6O3. The Labute approximate surface area is 238 Å². The van der Waals surface area contributed by atoms with E-state index in [0.29, 0.717) is 5.69 Å². The van der Waals surface area contributed by atoms with Gasteiger partial charge in [0.15, 0.2) is 11.5 Å². The molecule has 0 radical (unpaired) electrons. The summed E-state index contributed by atoms with van der Waals surface area (Å²) in [4.78, 5) is 21.4. The van der Waals surface area contributed by atoms with E-state index in [4.69, 9.17) is 4.74 Å². The zero-order valence-corrected chi connectivity index (χ0v) is 22.7. The van der Waals surface area contributed by atoms with Gasteiger partial charge in [-0.1, -0.05) is 36.4 Å². The summed E-state index contributed by atoms with van der Waals surface area (Å²) >= 11 is 0. The lowest BCUT2D eigenvalue weighted by molar-refractivity contribution is 0.102. The van der Waals surface area contributed by atoms with E-state index >= 15 is 0 Å². The van der Waals surface area contributed by atoms with Crippen LogP contribution in [0.2, 0.25) is 0 Å². The first-order chi connectivity index (χ1) is 20.1.